The van der Waals surface area contributed by atoms with Crippen LogP contribution in [0.15, 0.2) is 18.2 Å². The number of carboxylic acid groups (broad SMARTS) is 1. The molecule has 0 bridgehead atoms. The summed E-state index contributed by atoms with van der Waals surface area (Å²) < 4.78 is 6.79. The van der Waals surface area contributed by atoms with Crippen LogP contribution in [0.1, 0.15) is 17.3 Å². The van der Waals surface area contributed by atoms with Crippen molar-refractivity contribution < 1.29 is 14.6 Å². The highest BCUT2D eigenvalue weighted by Crippen LogP contribution is 2.16. The Morgan fingerprint density at radius 3 is 3.00 bits per heavy atom. The van der Waals surface area contributed by atoms with E-state index in [-0.39, 0.29) is 11.7 Å². The van der Waals surface area contributed by atoms with Gasteiger partial charge in [0, 0.05) is 7.11 Å². The Balaban J connectivity index is 2.47. The third-order valence-corrected chi connectivity index (χ3v) is 2.61. The molecule has 0 saturated carbocycles. The van der Waals surface area contributed by atoms with Gasteiger partial charge >= 0.3 is 5.97 Å². The summed E-state index contributed by atoms with van der Waals surface area (Å²) in [5.41, 5.74) is 1.27. The number of benzene rings is 1. The van der Waals surface area contributed by atoms with Crippen molar-refractivity contribution in [1.82, 2.24) is 15.0 Å². The van der Waals surface area contributed by atoms with Crippen LogP contribution in [0.4, 0.5) is 0 Å². The van der Waals surface area contributed by atoms with Gasteiger partial charge in [-0.05, 0) is 19.1 Å². The van der Waals surface area contributed by atoms with Gasteiger partial charge in [0.1, 0.15) is 5.52 Å². The number of rotatable bonds is 4. The monoisotopic (exact) mass is 235 g/mol. The van der Waals surface area contributed by atoms with Crippen LogP contribution in [0.25, 0.3) is 11.0 Å². The molecule has 6 nitrogen and oxygen atoms in total. The number of aromatic nitrogens is 3. The van der Waals surface area contributed by atoms with E-state index in [1.54, 1.807) is 23.9 Å². The van der Waals surface area contributed by atoms with E-state index in [0.717, 1.165) is 0 Å². The molecule has 2 rings (SSSR count). The van der Waals surface area contributed by atoms with Crippen LogP contribution in [-0.4, -0.2) is 39.3 Å². The second kappa shape index (κ2) is 4.50. The summed E-state index contributed by atoms with van der Waals surface area (Å²) in [4.78, 5) is 11.0. The summed E-state index contributed by atoms with van der Waals surface area (Å²) in [5, 5.41) is 16.9. The minimum Gasteiger partial charge on any atom is -0.478 e. The number of carboxylic acids is 1. The van der Waals surface area contributed by atoms with Crippen LogP contribution in [0.5, 0.6) is 0 Å². The Kier molecular flexibility index (Phi) is 3.06. The molecule has 0 radical (unpaired) electrons. The molecule has 0 saturated heterocycles. The van der Waals surface area contributed by atoms with E-state index in [4.69, 9.17) is 9.84 Å². The highest BCUT2D eigenvalue weighted by atomic mass is 16.5. The lowest BCUT2D eigenvalue weighted by Crippen LogP contribution is -2.15. The highest BCUT2D eigenvalue weighted by molar-refractivity contribution is 6.00. The maximum absolute atomic E-state index is 11.0. The SMILES string of the molecule is COC(C)Cn1nnc2c(C(=O)O)cccc21. The molecule has 0 amide bonds. The molecule has 1 heterocycles. The normalized spacial score (nSPS) is 12.8. The van der Waals surface area contributed by atoms with Gasteiger partial charge in [-0.3, -0.25) is 0 Å². The Morgan fingerprint density at radius 2 is 2.35 bits per heavy atom. The predicted molar refractivity (Wildman–Crippen MR) is 61.0 cm³/mol. The Labute approximate surface area is 97.8 Å². The van der Waals surface area contributed by atoms with Crippen LogP contribution in [0, 0.1) is 0 Å². The molecule has 90 valence electrons. The standard InChI is InChI=1S/C11H13N3O3/c1-7(17-2)6-14-9-5-3-4-8(11(15)16)10(9)12-13-14/h3-5,7H,6H2,1-2H3,(H,15,16). The summed E-state index contributed by atoms with van der Waals surface area (Å²) in [5.74, 6) is -0.998. The Bertz CT molecular complexity index is 550. The zero-order valence-corrected chi connectivity index (χ0v) is 9.62. The second-order valence-electron chi connectivity index (χ2n) is 3.80. The smallest absolute Gasteiger partial charge is 0.338 e. The quantitative estimate of drug-likeness (QED) is 0.860. The second-order valence-corrected chi connectivity index (χ2v) is 3.80. The molecule has 1 aromatic heterocycles. The first-order valence-corrected chi connectivity index (χ1v) is 5.21. The number of hydrogen-bond acceptors (Lipinski definition) is 4. The van der Waals surface area contributed by atoms with Crippen LogP contribution < -0.4 is 0 Å². The summed E-state index contributed by atoms with van der Waals surface area (Å²) in [6, 6.07) is 5.00. The fourth-order valence-electron chi connectivity index (χ4n) is 1.62. The first-order valence-electron chi connectivity index (χ1n) is 5.21. The average molecular weight is 235 g/mol. The molecular weight excluding hydrogens is 222 g/mol. The number of methoxy groups -OCH3 is 1. The minimum atomic E-state index is -0.998. The maximum Gasteiger partial charge on any atom is 0.338 e. The van der Waals surface area contributed by atoms with E-state index < -0.39 is 5.97 Å². The first kappa shape index (κ1) is 11.5. The summed E-state index contributed by atoms with van der Waals surface area (Å²) in [6.07, 6.45) is -0.00613. The number of carbonyl (C=O) groups is 1. The minimum absolute atomic E-state index is 0.00613. The lowest BCUT2D eigenvalue weighted by atomic mass is 10.2. The van der Waals surface area contributed by atoms with Gasteiger partial charge < -0.3 is 9.84 Å². The zero-order chi connectivity index (χ0) is 12.4. The molecule has 17 heavy (non-hydrogen) atoms. The molecule has 0 spiro atoms. The molecule has 1 unspecified atom stereocenters. The predicted octanol–water partition coefficient (Wildman–Crippen LogP) is 1.16. The van der Waals surface area contributed by atoms with Crippen molar-refractivity contribution in [2.45, 2.75) is 19.6 Å². The third kappa shape index (κ3) is 2.12. The third-order valence-electron chi connectivity index (χ3n) is 2.61. The van der Waals surface area contributed by atoms with Gasteiger partial charge in [0.25, 0.3) is 0 Å². The molecule has 6 heteroatoms. The summed E-state index contributed by atoms with van der Waals surface area (Å²) >= 11 is 0. The van der Waals surface area contributed by atoms with E-state index in [9.17, 15) is 4.79 Å². The van der Waals surface area contributed by atoms with E-state index in [2.05, 4.69) is 10.3 Å². The van der Waals surface area contributed by atoms with Crippen LogP contribution in [-0.2, 0) is 11.3 Å². The lowest BCUT2D eigenvalue weighted by molar-refractivity contribution is 0.0699. The summed E-state index contributed by atoms with van der Waals surface area (Å²) in [6.45, 7) is 2.45. The fraction of sp³-hybridized carbons (Fsp3) is 0.364. The van der Waals surface area contributed by atoms with E-state index >= 15 is 0 Å². The number of ether oxygens (including phenoxy) is 1. The molecule has 1 atom stereocenters. The van der Waals surface area contributed by atoms with Gasteiger partial charge in [0.05, 0.1) is 23.7 Å². The van der Waals surface area contributed by atoms with Crippen molar-refractivity contribution in [3.8, 4) is 0 Å². The molecule has 0 aliphatic rings. The maximum atomic E-state index is 11.0. The topological polar surface area (TPSA) is 77.2 Å². The van der Waals surface area contributed by atoms with Crippen molar-refractivity contribution in [1.29, 1.82) is 0 Å². The van der Waals surface area contributed by atoms with Gasteiger partial charge in [-0.15, -0.1) is 5.10 Å². The average Bonchev–Trinajstić information content (AvgIpc) is 2.72. The molecule has 0 aliphatic carbocycles. The van der Waals surface area contributed by atoms with E-state index in [1.807, 2.05) is 6.92 Å². The van der Waals surface area contributed by atoms with Crippen LogP contribution in [0.2, 0.25) is 0 Å². The largest absolute Gasteiger partial charge is 0.478 e. The molecular formula is C11H13N3O3. The summed E-state index contributed by atoms with van der Waals surface area (Å²) in [7, 11) is 1.62. The molecule has 1 N–H and O–H groups in total. The molecule has 0 aliphatic heterocycles. The van der Waals surface area contributed by atoms with Crippen molar-refractivity contribution in [2.24, 2.45) is 0 Å². The highest BCUT2D eigenvalue weighted by Gasteiger charge is 2.14. The first-order chi connectivity index (χ1) is 8.13. The number of hydrogen-bond donors (Lipinski definition) is 1. The Hall–Kier alpha value is -1.95. The lowest BCUT2D eigenvalue weighted by Gasteiger charge is -2.09. The van der Waals surface area contributed by atoms with Crippen molar-refractivity contribution in [3.05, 3.63) is 23.8 Å². The Morgan fingerprint density at radius 1 is 1.59 bits per heavy atom. The van der Waals surface area contributed by atoms with Crippen molar-refractivity contribution in [3.63, 3.8) is 0 Å². The number of nitrogens with zero attached hydrogens (tertiary/aromatic N) is 3. The fourth-order valence-corrected chi connectivity index (χ4v) is 1.62. The molecule has 2 aromatic rings. The van der Waals surface area contributed by atoms with Crippen molar-refractivity contribution in [2.75, 3.05) is 7.11 Å². The van der Waals surface area contributed by atoms with Crippen molar-refractivity contribution >= 4 is 17.0 Å². The van der Waals surface area contributed by atoms with Gasteiger partial charge in [0.15, 0.2) is 0 Å². The van der Waals surface area contributed by atoms with Gasteiger partial charge in [-0.25, -0.2) is 9.48 Å². The van der Waals surface area contributed by atoms with Crippen LogP contribution in [0.3, 0.4) is 0 Å². The van der Waals surface area contributed by atoms with Crippen LogP contribution >= 0.6 is 0 Å². The zero-order valence-electron chi connectivity index (χ0n) is 9.62. The molecule has 1 aromatic carbocycles. The molecule has 0 fully saturated rings. The van der Waals surface area contributed by atoms with E-state index in [1.165, 1.54) is 6.07 Å². The van der Waals surface area contributed by atoms with Gasteiger partial charge in [-0.2, -0.15) is 0 Å². The van der Waals surface area contributed by atoms with Gasteiger partial charge in [-0.1, -0.05) is 11.3 Å². The number of fused-ring (bicyclic) bond motifs is 1. The number of aromatic carboxylic acids is 1. The van der Waals surface area contributed by atoms with E-state index in [0.29, 0.717) is 17.6 Å². The van der Waals surface area contributed by atoms with Gasteiger partial charge in [0.2, 0.25) is 0 Å².